The lowest BCUT2D eigenvalue weighted by Crippen LogP contribution is -2.45. The van der Waals surface area contributed by atoms with E-state index >= 15 is 0 Å². The van der Waals surface area contributed by atoms with Gasteiger partial charge in [-0.15, -0.1) is 5.10 Å². The first kappa shape index (κ1) is 19.3. The second-order valence-corrected chi connectivity index (χ2v) is 8.30. The number of rotatable bonds is 7. The first-order valence-corrected chi connectivity index (χ1v) is 10.6. The van der Waals surface area contributed by atoms with Gasteiger partial charge in [-0.3, -0.25) is 4.90 Å². The number of ether oxygens (including phenoxy) is 1. The molecule has 158 valence electrons. The smallest absolute Gasteiger partial charge is 0.258 e. The summed E-state index contributed by atoms with van der Waals surface area (Å²) in [5.74, 6) is 2.21. The van der Waals surface area contributed by atoms with Gasteiger partial charge in [-0.1, -0.05) is 35.5 Å². The molecule has 1 aliphatic heterocycles. The zero-order valence-corrected chi connectivity index (χ0v) is 17.4. The highest BCUT2D eigenvalue weighted by atomic mass is 16.5. The summed E-state index contributed by atoms with van der Waals surface area (Å²) in [6.07, 6.45) is 4.55. The average molecular weight is 409 g/mol. The highest BCUT2D eigenvalue weighted by Gasteiger charge is 2.43. The molecule has 0 bridgehead atoms. The number of methoxy groups -OCH3 is 1. The van der Waals surface area contributed by atoms with Gasteiger partial charge in [-0.25, -0.2) is 4.68 Å². The summed E-state index contributed by atoms with van der Waals surface area (Å²) in [5.41, 5.74) is 0.619. The largest absolute Gasteiger partial charge is 0.368 e. The molecule has 1 atom stereocenters. The van der Waals surface area contributed by atoms with E-state index in [4.69, 9.17) is 9.26 Å². The SMILES string of the molecule is COC1(c2nc(Cc3ccccc3)no2)CCN(C(C)c2nnnn2C2CC2)CC1. The maximum atomic E-state index is 5.95. The molecule has 3 aromatic rings. The predicted molar refractivity (Wildman–Crippen MR) is 108 cm³/mol. The van der Waals surface area contributed by atoms with Crippen LogP contribution in [-0.2, 0) is 16.8 Å². The number of piperidine rings is 1. The Kier molecular flexibility index (Phi) is 5.08. The van der Waals surface area contributed by atoms with Gasteiger partial charge in [0, 0.05) is 26.6 Å². The van der Waals surface area contributed by atoms with E-state index in [9.17, 15) is 0 Å². The first-order valence-electron chi connectivity index (χ1n) is 10.6. The summed E-state index contributed by atoms with van der Waals surface area (Å²) >= 11 is 0. The fraction of sp³-hybridized carbons (Fsp3) is 0.571. The monoisotopic (exact) mass is 409 g/mol. The van der Waals surface area contributed by atoms with Crippen molar-refractivity contribution in [2.24, 2.45) is 0 Å². The lowest BCUT2D eigenvalue weighted by Gasteiger charge is -2.40. The predicted octanol–water partition coefficient (Wildman–Crippen LogP) is 2.68. The summed E-state index contributed by atoms with van der Waals surface area (Å²) in [5, 5.41) is 16.6. The highest BCUT2D eigenvalue weighted by Crippen LogP contribution is 2.39. The van der Waals surface area contributed by atoms with Crippen LogP contribution in [0.15, 0.2) is 34.9 Å². The molecular weight excluding hydrogens is 382 g/mol. The van der Waals surface area contributed by atoms with E-state index in [0.29, 0.717) is 24.2 Å². The second-order valence-electron chi connectivity index (χ2n) is 8.30. The molecular formula is C21H27N7O2. The van der Waals surface area contributed by atoms with Crippen LogP contribution in [0.4, 0.5) is 0 Å². The molecule has 2 aromatic heterocycles. The van der Waals surface area contributed by atoms with Crippen LogP contribution in [0, 0.1) is 0 Å². The number of tetrazole rings is 1. The summed E-state index contributed by atoms with van der Waals surface area (Å²) in [7, 11) is 1.73. The molecule has 3 heterocycles. The van der Waals surface area contributed by atoms with Gasteiger partial charge in [0.05, 0.1) is 12.1 Å². The third-order valence-corrected chi connectivity index (χ3v) is 6.39. The molecule has 2 fully saturated rings. The van der Waals surface area contributed by atoms with E-state index < -0.39 is 5.60 Å². The van der Waals surface area contributed by atoms with Crippen LogP contribution in [0.3, 0.4) is 0 Å². The molecule has 1 aliphatic carbocycles. The second kappa shape index (κ2) is 7.88. The van der Waals surface area contributed by atoms with Crippen molar-refractivity contribution in [3.05, 3.63) is 53.4 Å². The van der Waals surface area contributed by atoms with Gasteiger partial charge in [0.2, 0.25) is 0 Å². The average Bonchev–Trinajstić information content (AvgIpc) is 3.32. The standard InChI is InChI=1S/C21H27N7O2/c1-15(19-23-25-26-28(19)17-8-9-17)27-12-10-21(29-2,11-13-27)20-22-18(24-30-20)14-16-6-4-3-5-7-16/h3-7,15,17H,8-14H2,1-2H3. The molecule has 5 rings (SSSR count). The normalized spacial score (nSPS) is 20.3. The zero-order chi connectivity index (χ0) is 20.6. The third-order valence-electron chi connectivity index (χ3n) is 6.39. The van der Waals surface area contributed by atoms with E-state index in [-0.39, 0.29) is 6.04 Å². The Morgan fingerprint density at radius 2 is 1.97 bits per heavy atom. The molecule has 0 amide bonds. The Labute approximate surface area is 175 Å². The summed E-state index contributed by atoms with van der Waals surface area (Å²) < 4.78 is 13.6. The Hall–Kier alpha value is -2.65. The fourth-order valence-corrected chi connectivity index (χ4v) is 4.29. The van der Waals surface area contributed by atoms with Gasteiger partial charge in [-0.05, 0) is 48.6 Å². The minimum Gasteiger partial charge on any atom is -0.368 e. The molecule has 1 aromatic carbocycles. The maximum Gasteiger partial charge on any atom is 0.258 e. The van der Waals surface area contributed by atoms with Crippen LogP contribution in [0.5, 0.6) is 0 Å². The molecule has 0 N–H and O–H groups in total. The van der Waals surface area contributed by atoms with E-state index in [1.54, 1.807) is 7.11 Å². The molecule has 9 heteroatoms. The van der Waals surface area contributed by atoms with Crippen molar-refractivity contribution in [1.29, 1.82) is 0 Å². The van der Waals surface area contributed by atoms with Crippen LogP contribution in [0.1, 0.15) is 67.8 Å². The molecule has 0 spiro atoms. The van der Waals surface area contributed by atoms with Crippen molar-refractivity contribution in [2.75, 3.05) is 20.2 Å². The molecule has 30 heavy (non-hydrogen) atoms. The van der Waals surface area contributed by atoms with E-state index in [1.165, 1.54) is 12.8 Å². The number of aromatic nitrogens is 6. The van der Waals surface area contributed by atoms with Crippen LogP contribution in [-0.4, -0.2) is 55.4 Å². The van der Waals surface area contributed by atoms with Crippen molar-refractivity contribution in [3.63, 3.8) is 0 Å². The lowest BCUT2D eigenvalue weighted by atomic mass is 9.90. The van der Waals surface area contributed by atoms with Crippen molar-refractivity contribution in [2.45, 2.75) is 56.7 Å². The van der Waals surface area contributed by atoms with E-state index in [1.807, 2.05) is 22.9 Å². The minimum atomic E-state index is -0.541. The van der Waals surface area contributed by atoms with Gasteiger partial charge in [0.1, 0.15) is 5.60 Å². The molecule has 1 saturated carbocycles. The number of hydrogen-bond donors (Lipinski definition) is 0. The topological polar surface area (TPSA) is 95.0 Å². The fourth-order valence-electron chi connectivity index (χ4n) is 4.29. The van der Waals surface area contributed by atoms with Crippen LogP contribution >= 0.6 is 0 Å². The minimum absolute atomic E-state index is 0.159. The zero-order valence-electron chi connectivity index (χ0n) is 17.4. The molecule has 2 aliphatic rings. The van der Waals surface area contributed by atoms with Crippen molar-refractivity contribution in [1.82, 2.24) is 35.2 Å². The number of likely N-dealkylation sites (tertiary alicyclic amines) is 1. The summed E-state index contributed by atoms with van der Waals surface area (Å²) in [4.78, 5) is 7.09. The van der Waals surface area contributed by atoms with Crippen LogP contribution < -0.4 is 0 Å². The van der Waals surface area contributed by atoms with Gasteiger partial charge < -0.3 is 9.26 Å². The number of benzene rings is 1. The van der Waals surface area contributed by atoms with Gasteiger partial charge >= 0.3 is 0 Å². The van der Waals surface area contributed by atoms with Crippen molar-refractivity contribution >= 4 is 0 Å². The number of hydrogen-bond acceptors (Lipinski definition) is 8. The third kappa shape index (κ3) is 3.63. The molecule has 9 nitrogen and oxygen atoms in total. The van der Waals surface area contributed by atoms with E-state index in [2.05, 4.69) is 49.6 Å². The Morgan fingerprint density at radius 1 is 1.20 bits per heavy atom. The van der Waals surface area contributed by atoms with E-state index in [0.717, 1.165) is 37.3 Å². The summed E-state index contributed by atoms with van der Waals surface area (Å²) in [6, 6.07) is 10.8. The van der Waals surface area contributed by atoms with Crippen LogP contribution in [0.2, 0.25) is 0 Å². The summed E-state index contributed by atoms with van der Waals surface area (Å²) in [6.45, 7) is 3.88. The van der Waals surface area contributed by atoms with Gasteiger partial charge in [-0.2, -0.15) is 4.98 Å². The quantitative estimate of drug-likeness (QED) is 0.588. The Balaban J connectivity index is 1.27. The Bertz CT molecular complexity index is 974. The van der Waals surface area contributed by atoms with Crippen LogP contribution in [0.25, 0.3) is 0 Å². The first-order chi connectivity index (χ1) is 14.7. The van der Waals surface area contributed by atoms with Gasteiger partial charge in [0.25, 0.3) is 5.89 Å². The van der Waals surface area contributed by atoms with Crippen molar-refractivity contribution in [3.8, 4) is 0 Å². The van der Waals surface area contributed by atoms with Crippen molar-refractivity contribution < 1.29 is 9.26 Å². The number of nitrogens with zero attached hydrogens (tertiary/aromatic N) is 7. The maximum absolute atomic E-state index is 5.95. The Morgan fingerprint density at radius 3 is 2.67 bits per heavy atom. The van der Waals surface area contributed by atoms with Gasteiger partial charge in [0.15, 0.2) is 11.6 Å². The molecule has 0 radical (unpaired) electrons. The molecule has 1 saturated heterocycles. The highest BCUT2D eigenvalue weighted by molar-refractivity contribution is 5.19. The lowest BCUT2D eigenvalue weighted by molar-refractivity contribution is -0.0883. The molecule has 1 unspecified atom stereocenters.